The maximum atomic E-state index is 12.4. The highest BCUT2D eigenvalue weighted by Crippen LogP contribution is 2.46. The second kappa shape index (κ2) is 6.24. The summed E-state index contributed by atoms with van der Waals surface area (Å²) in [7, 11) is 1.52. The molecule has 124 valence electrons. The van der Waals surface area contributed by atoms with Crippen LogP contribution in [0.3, 0.4) is 0 Å². The molecule has 0 unspecified atom stereocenters. The van der Waals surface area contributed by atoms with E-state index in [2.05, 4.69) is 0 Å². The standard InChI is InChI=1S/C18H22O5/c1-10(19)15-14(21)9-18(3,22)17(11(2)20)16(15)12-6-5-7-13(8-12)23-4/h5-8,15-17,22H,9H2,1-4H3/t15-,16+,17+,18+/m0/s1. The molecule has 5 nitrogen and oxygen atoms in total. The Balaban J connectivity index is 2.64. The lowest BCUT2D eigenvalue weighted by Crippen LogP contribution is -2.53. The van der Waals surface area contributed by atoms with Gasteiger partial charge in [-0.2, -0.15) is 0 Å². The van der Waals surface area contributed by atoms with Gasteiger partial charge >= 0.3 is 0 Å². The van der Waals surface area contributed by atoms with E-state index in [1.165, 1.54) is 27.9 Å². The Morgan fingerprint density at radius 2 is 1.91 bits per heavy atom. The molecule has 0 radical (unpaired) electrons. The van der Waals surface area contributed by atoms with Crippen LogP contribution in [0.5, 0.6) is 5.75 Å². The first-order valence-corrected chi connectivity index (χ1v) is 7.59. The topological polar surface area (TPSA) is 80.7 Å². The number of carbonyl (C=O) groups excluding carboxylic acids is 3. The van der Waals surface area contributed by atoms with Crippen molar-refractivity contribution in [2.45, 2.75) is 38.7 Å². The molecule has 0 spiro atoms. The molecule has 0 saturated heterocycles. The number of hydrogen-bond donors (Lipinski definition) is 1. The zero-order chi connectivity index (χ0) is 17.4. The van der Waals surface area contributed by atoms with E-state index < -0.39 is 23.4 Å². The van der Waals surface area contributed by atoms with Crippen molar-refractivity contribution in [3.8, 4) is 5.75 Å². The average molecular weight is 318 g/mol. The van der Waals surface area contributed by atoms with Crippen LogP contribution < -0.4 is 4.74 Å². The van der Waals surface area contributed by atoms with Gasteiger partial charge in [-0.3, -0.25) is 14.4 Å². The van der Waals surface area contributed by atoms with E-state index in [0.29, 0.717) is 11.3 Å². The Hall–Kier alpha value is -2.01. The largest absolute Gasteiger partial charge is 0.497 e. The monoisotopic (exact) mass is 318 g/mol. The second-order valence-electron chi connectivity index (χ2n) is 6.48. The molecule has 0 amide bonds. The minimum absolute atomic E-state index is 0.192. The van der Waals surface area contributed by atoms with Gasteiger partial charge in [0, 0.05) is 12.3 Å². The first kappa shape index (κ1) is 17.3. The number of aliphatic hydroxyl groups is 1. The molecular formula is C18H22O5. The fourth-order valence-electron chi connectivity index (χ4n) is 3.76. The van der Waals surface area contributed by atoms with Gasteiger partial charge in [0.15, 0.2) is 0 Å². The van der Waals surface area contributed by atoms with Crippen LogP contribution in [0.25, 0.3) is 0 Å². The third kappa shape index (κ3) is 3.20. The van der Waals surface area contributed by atoms with E-state index >= 15 is 0 Å². The summed E-state index contributed by atoms with van der Waals surface area (Å²) in [6.07, 6.45) is -0.192. The Labute approximate surface area is 135 Å². The predicted octanol–water partition coefficient (Wildman–Crippen LogP) is 1.91. The summed E-state index contributed by atoms with van der Waals surface area (Å²) in [6.45, 7) is 4.23. The van der Waals surface area contributed by atoms with E-state index in [1.807, 2.05) is 0 Å². The van der Waals surface area contributed by atoms with Crippen LogP contribution in [-0.2, 0) is 14.4 Å². The molecular weight excluding hydrogens is 296 g/mol. The lowest BCUT2D eigenvalue weighted by molar-refractivity contribution is -0.151. The Kier molecular flexibility index (Phi) is 4.71. The van der Waals surface area contributed by atoms with E-state index in [-0.39, 0.29) is 23.8 Å². The molecule has 1 aliphatic rings. The van der Waals surface area contributed by atoms with Crippen LogP contribution in [-0.4, -0.2) is 35.2 Å². The molecule has 23 heavy (non-hydrogen) atoms. The number of benzene rings is 1. The van der Waals surface area contributed by atoms with Crippen LogP contribution in [0.4, 0.5) is 0 Å². The molecule has 0 aliphatic heterocycles. The number of Topliss-reactive ketones (excluding diaryl/α,β-unsaturated/α-hetero) is 3. The minimum Gasteiger partial charge on any atom is -0.497 e. The van der Waals surface area contributed by atoms with Crippen molar-refractivity contribution in [3.63, 3.8) is 0 Å². The van der Waals surface area contributed by atoms with E-state index in [4.69, 9.17) is 4.74 Å². The molecule has 0 heterocycles. The molecule has 4 atom stereocenters. The summed E-state index contributed by atoms with van der Waals surface area (Å²) < 4.78 is 5.20. The quantitative estimate of drug-likeness (QED) is 0.858. The summed E-state index contributed by atoms with van der Waals surface area (Å²) in [5.41, 5.74) is -0.819. The first-order chi connectivity index (χ1) is 10.7. The smallest absolute Gasteiger partial charge is 0.146 e. The van der Waals surface area contributed by atoms with Crippen molar-refractivity contribution in [2.75, 3.05) is 7.11 Å². The Morgan fingerprint density at radius 3 is 2.43 bits per heavy atom. The average Bonchev–Trinajstić information content (AvgIpc) is 2.44. The Morgan fingerprint density at radius 1 is 1.26 bits per heavy atom. The number of ketones is 3. The second-order valence-corrected chi connectivity index (χ2v) is 6.48. The number of ether oxygens (including phenoxy) is 1. The maximum absolute atomic E-state index is 12.4. The molecule has 1 aliphatic carbocycles. The van der Waals surface area contributed by atoms with Gasteiger partial charge < -0.3 is 9.84 Å². The SMILES string of the molecule is COc1cccc([C@@H]2[C@@H](C(C)=O)C(=O)C[C@@](C)(O)[C@@H]2C(C)=O)c1. The highest BCUT2D eigenvalue weighted by molar-refractivity contribution is 6.05. The van der Waals surface area contributed by atoms with Crippen molar-refractivity contribution >= 4 is 17.3 Å². The number of hydrogen-bond acceptors (Lipinski definition) is 5. The van der Waals surface area contributed by atoms with Crippen molar-refractivity contribution in [3.05, 3.63) is 29.8 Å². The van der Waals surface area contributed by atoms with Crippen LogP contribution in [0.1, 0.15) is 38.7 Å². The fourth-order valence-corrected chi connectivity index (χ4v) is 3.76. The van der Waals surface area contributed by atoms with E-state index in [9.17, 15) is 19.5 Å². The molecule has 2 rings (SSSR count). The van der Waals surface area contributed by atoms with E-state index in [0.717, 1.165) is 0 Å². The summed E-state index contributed by atoms with van der Waals surface area (Å²) in [5, 5.41) is 10.6. The van der Waals surface area contributed by atoms with Crippen molar-refractivity contribution in [1.29, 1.82) is 0 Å². The van der Waals surface area contributed by atoms with Gasteiger partial charge in [-0.1, -0.05) is 12.1 Å². The lowest BCUT2D eigenvalue weighted by Gasteiger charge is -2.44. The van der Waals surface area contributed by atoms with Crippen molar-refractivity contribution in [1.82, 2.24) is 0 Å². The molecule has 1 saturated carbocycles. The summed E-state index contributed by atoms with van der Waals surface area (Å²) in [4.78, 5) is 36.7. The van der Waals surface area contributed by atoms with Gasteiger partial charge in [0.25, 0.3) is 0 Å². The highest BCUT2D eigenvalue weighted by atomic mass is 16.5. The van der Waals surface area contributed by atoms with Gasteiger partial charge in [0.05, 0.1) is 24.5 Å². The number of rotatable bonds is 4. The first-order valence-electron chi connectivity index (χ1n) is 7.59. The predicted molar refractivity (Wildman–Crippen MR) is 84.3 cm³/mol. The molecule has 1 aromatic rings. The summed E-state index contributed by atoms with van der Waals surface area (Å²) in [6, 6.07) is 6.97. The van der Waals surface area contributed by atoms with Crippen molar-refractivity contribution in [2.24, 2.45) is 11.8 Å². The molecule has 1 N–H and O–H groups in total. The van der Waals surface area contributed by atoms with Gasteiger partial charge in [0.1, 0.15) is 23.1 Å². The maximum Gasteiger partial charge on any atom is 0.146 e. The molecule has 1 fully saturated rings. The van der Waals surface area contributed by atoms with E-state index in [1.54, 1.807) is 24.3 Å². The van der Waals surface area contributed by atoms with Crippen LogP contribution in [0, 0.1) is 11.8 Å². The summed E-state index contributed by atoms with van der Waals surface area (Å²) in [5.74, 6) is -2.70. The van der Waals surface area contributed by atoms with Crippen LogP contribution in [0.15, 0.2) is 24.3 Å². The van der Waals surface area contributed by atoms with Gasteiger partial charge in [-0.05, 0) is 38.5 Å². The lowest BCUT2D eigenvalue weighted by atomic mass is 9.60. The van der Waals surface area contributed by atoms with Crippen LogP contribution in [0.2, 0.25) is 0 Å². The summed E-state index contributed by atoms with van der Waals surface area (Å²) >= 11 is 0. The van der Waals surface area contributed by atoms with Crippen LogP contribution >= 0.6 is 0 Å². The third-order valence-corrected chi connectivity index (χ3v) is 4.62. The minimum atomic E-state index is -1.47. The van der Waals surface area contributed by atoms with Gasteiger partial charge in [0.2, 0.25) is 0 Å². The van der Waals surface area contributed by atoms with Gasteiger partial charge in [-0.15, -0.1) is 0 Å². The zero-order valence-electron chi connectivity index (χ0n) is 13.8. The fraction of sp³-hybridized carbons (Fsp3) is 0.500. The normalized spacial score (nSPS) is 30.8. The molecule has 0 bridgehead atoms. The number of carbonyl (C=O) groups is 3. The third-order valence-electron chi connectivity index (χ3n) is 4.62. The van der Waals surface area contributed by atoms with Crippen molar-refractivity contribution < 1.29 is 24.2 Å². The van der Waals surface area contributed by atoms with Gasteiger partial charge in [-0.25, -0.2) is 0 Å². The zero-order valence-corrected chi connectivity index (χ0v) is 13.8. The highest BCUT2D eigenvalue weighted by Gasteiger charge is 2.53. The molecule has 5 heteroatoms. The molecule has 0 aromatic heterocycles. The molecule has 1 aromatic carbocycles. The number of methoxy groups -OCH3 is 1. The Bertz CT molecular complexity index is 647.